The van der Waals surface area contributed by atoms with Gasteiger partial charge in [0, 0.05) is 17.5 Å². The highest BCUT2D eigenvalue weighted by atomic mass is 16.4. The molecule has 7 nitrogen and oxygen atoms in total. The van der Waals surface area contributed by atoms with Gasteiger partial charge in [0.1, 0.15) is 5.58 Å². The first kappa shape index (κ1) is 19.4. The van der Waals surface area contributed by atoms with Crippen LogP contribution in [0.3, 0.4) is 0 Å². The minimum absolute atomic E-state index is 0.133. The molecule has 4 rings (SSSR count). The summed E-state index contributed by atoms with van der Waals surface area (Å²) in [4.78, 5) is 52.5. The SMILES string of the molecule is Cc1ccc2c(CN3C(=O)C(=O)N([C@@H]4CCCC[C@@H]4C)C3=O)cc(=O)oc2c1C. The van der Waals surface area contributed by atoms with Crippen molar-refractivity contribution in [2.45, 2.75) is 59.0 Å². The summed E-state index contributed by atoms with van der Waals surface area (Å²) in [6.45, 7) is 5.65. The van der Waals surface area contributed by atoms with E-state index < -0.39 is 23.5 Å². The highest BCUT2D eigenvalue weighted by molar-refractivity contribution is 6.44. The number of rotatable bonds is 3. The Balaban J connectivity index is 1.71. The zero-order valence-electron chi connectivity index (χ0n) is 16.9. The molecule has 0 unspecified atom stereocenters. The lowest BCUT2D eigenvalue weighted by atomic mass is 9.85. The maximum Gasteiger partial charge on any atom is 0.336 e. The Bertz CT molecular complexity index is 1090. The zero-order chi connectivity index (χ0) is 20.9. The van der Waals surface area contributed by atoms with Crippen molar-refractivity contribution in [2.24, 2.45) is 5.92 Å². The Morgan fingerprint density at radius 3 is 2.48 bits per heavy atom. The lowest BCUT2D eigenvalue weighted by molar-refractivity contribution is -0.144. The first-order chi connectivity index (χ1) is 13.8. The molecule has 1 aliphatic carbocycles. The second kappa shape index (κ2) is 7.13. The fourth-order valence-electron chi connectivity index (χ4n) is 4.46. The number of benzene rings is 1. The molecule has 2 heterocycles. The fraction of sp³-hybridized carbons (Fsp3) is 0.455. The summed E-state index contributed by atoms with van der Waals surface area (Å²) in [7, 11) is 0. The van der Waals surface area contributed by atoms with Crippen molar-refractivity contribution in [2.75, 3.05) is 0 Å². The van der Waals surface area contributed by atoms with Gasteiger partial charge in [-0.15, -0.1) is 0 Å². The predicted octanol–water partition coefficient (Wildman–Crippen LogP) is 3.28. The zero-order valence-corrected chi connectivity index (χ0v) is 16.9. The van der Waals surface area contributed by atoms with Gasteiger partial charge in [-0.05, 0) is 49.3 Å². The van der Waals surface area contributed by atoms with Gasteiger partial charge >= 0.3 is 23.5 Å². The van der Waals surface area contributed by atoms with Crippen molar-refractivity contribution < 1.29 is 18.8 Å². The van der Waals surface area contributed by atoms with Crippen LogP contribution in [0.5, 0.6) is 0 Å². The summed E-state index contributed by atoms with van der Waals surface area (Å²) in [6, 6.07) is 4.15. The van der Waals surface area contributed by atoms with Crippen LogP contribution in [0.2, 0.25) is 0 Å². The molecule has 1 aromatic carbocycles. The van der Waals surface area contributed by atoms with Crippen molar-refractivity contribution in [1.82, 2.24) is 9.80 Å². The normalized spacial score (nSPS) is 22.8. The van der Waals surface area contributed by atoms with Gasteiger partial charge in [0.2, 0.25) is 0 Å². The molecule has 2 atom stereocenters. The Morgan fingerprint density at radius 1 is 1.03 bits per heavy atom. The molecule has 152 valence electrons. The van der Waals surface area contributed by atoms with Gasteiger partial charge in [-0.2, -0.15) is 0 Å². The van der Waals surface area contributed by atoms with Crippen LogP contribution in [-0.2, 0) is 16.1 Å². The van der Waals surface area contributed by atoms with E-state index in [0.717, 1.165) is 46.6 Å². The Kier molecular flexibility index (Phi) is 4.76. The number of hydrogen-bond acceptors (Lipinski definition) is 5. The molecule has 2 aromatic rings. The van der Waals surface area contributed by atoms with Gasteiger partial charge < -0.3 is 4.42 Å². The minimum atomic E-state index is -0.835. The Hall–Kier alpha value is -2.96. The number of urea groups is 1. The van der Waals surface area contributed by atoms with Gasteiger partial charge in [-0.25, -0.2) is 9.59 Å². The smallest absolute Gasteiger partial charge is 0.336 e. The molecule has 2 fully saturated rings. The summed E-state index contributed by atoms with van der Waals surface area (Å²) < 4.78 is 5.36. The molecule has 7 heteroatoms. The molecule has 0 bridgehead atoms. The van der Waals surface area contributed by atoms with Crippen LogP contribution in [-0.4, -0.2) is 33.7 Å². The van der Waals surface area contributed by atoms with Gasteiger partial charge in [0.05, 0.1) is 6.54 Å². The second-order valence-electron chi connectivity index (χ2n) is 8.15. The third-order valence-corrected chi connectivity index (χ3v) is 6.33. The number of nitrogens with zero attached hydrogens (tertiary/aromatic N) is 2. The van der Waals surface area contributed by atoms with E-state index in [1.165, 1.54) is 6.07 Å². The third kappa shape index (κ3) is 3.14. The molecule has 1 saturated carbocycles. The largest absolute Gasteiger partial charge is 0.422 e. The molecule has 0 spiro atoms. The number of carbonyl (C=O) groups is 3. The van der Waals surface area contributed by atoms with Gasteiger partial charge in [0.25, 0.3) is 0 Å². The van der Waals surface area contributed by atoms with Crippen LogP contribution >= 0.6 is 0 Å². The average molecular weight is 396 g/mol. The molecular formula is C22H24N2O5. The topological polar surface area (TPSA) is 87.9 Å². The fourth-order valence-corrected chi connectivity index (χ4v) is 4.46. The molecule has 1 saturated heterocycles. The number of hydrogen-bond donors (Lipinski definition) is 0. The van der Waals surface area contributed by atoms with E-state index in [4.69, 9.17) is 4.42 Å². The van der Waals surface area contributed by atoms with Crippen LogP contribution in [0, 0.1) is 19.8 Å². The van der Waals surface area contributed by atoms with E-state index in [-0.39, 0.29) is 18.5 Å². The van der Waals surface area contributed by atoms with Gasteiger partial charge in [-0.1, -0.05) is 31.9 Å². The number of fused-ring (bicyclic) bond motifs is 1. The number of aryl methyl sites for hydroxylation is 2. The van der Waals surface area contributed by atoms with Crippen molar-refractivity contribution in [3.63, 3.8) is 0 Å². The summed E-state index contributed by atoms with van der Waals surface area (Å²) in [5.41, 5.74) is 2.18. The van der Waals surface area contributed by atoms with E-state index in [0.29, 0.717) is 16.5 Å². The van der Waals surface area contributed by atoms with Crippen LogP contribution in [0.4, 0.5) is 4.79 Å². The maximum atomic E-state index is 13.0. The molecule has 2 aliphatic rings. The number of imide groups is 2. The quantitative estimate of drug-likeness (QED) is 0.451. The molecule has 1 aliphatic heterocycles. The third-order valence-electron chi connectivity index (χ3n) is 6.33. The second-order valence-corrected chi connectivity index (χ2v) is 8.15. The standard InChI is InChI=1S/C22H24N2O5/c1-12-8-9-16-15(10-18(25)29-19(16)14(12)3)11-23-20(26)21(27)24(22(23)28)17-7-5-4-6-13(17)2/h8-10,13,17H,4-7,11H2,1-3H3/t13-,17+/m0/s1. The number of carbonyl (C=O) groups excluding carboxylic acids is 3. The Morgan fingerprint density at radius 2 is 1.76 bits per heavy atom. The molecule has 4 amide bonds. The van der Waals surface area contributed by atoms with Crippen molar-refractivity contribution >= 4 is 28.8 Å². The van der Waals surface area contributed by atoms with Gasteiger partial charge in [0.15, 0.2) is 0 Å². The molecule has 1 aromatic heterocycles. The highest BCUT2D eigenvalue weighted by Crippen LogP contribution is 2.32. The van der Waals surface area contributed by atoms with Crippen molar-refractivity contribution in [3.05, 3.63) is 45.3 Å². The van der Waals surface area contributed by atoms with Gasteiger partial charge in [-0.3, -0.25) is 19.4 Å². The summed E-state index contributed by atoms with van der Waals surface area (Å²) in [5, 5.41) is 0.658. The average Bonchev–Trinajstić information content (AvgIpc) is 2.89. The maximum absolute atomic E-state index is 13.0. The predicted molar refractivity (Wildman–Crippen MR) is 106 cm³/mol. The highest BCUT2D eigenvalue weighted by Gasteiger charge is 2.49. The Labute approximate surface area is 168 Å². The molecule has 0 N–H and O–H groups in total. The van der Waals surface area contributed by atoms with E-state index in [2.05, 4.69) is 0 Å². The van der Waals surface area contributed by atoms with Crippen LogP contribution < -0.4 is 5.63 Å². The minimum Gasteiger partial charge on any atom is -0.422 e. The van der Waals surface area contributed by atoms with Crippen LogP contribution in [0.25, 0.3) is 11.0 Å². The summed E-state index contributed by atoms with van der Waals surface area (Å²) in [6.07, 6.45) is 3.65. The number of amides is 4. The first-order valence-corrected chi connectivity index (χ1v) is 10.0. The van der Waals surface area contributed by atoms with E-state index in [1.54, 1.807) is 0 Å². The van der Waals surface area contributed by atoms with Crippen LogP contribution in [0.15, 0.2) is 27.4 Å². The van der Waals surface area contributed by atoms with E-state index >= 15 is 0 Å². The molecule has 0 radical (unpaired) electrons. The monoisotopic (exact) mass is 396 g/mol. The summed E-state index contributed by atoms with van der Waals surface area (Å²) >= 11 is 0. The van der Waals surface area contributed by atoms with Crippen molar-refractivity contribution in [3.8, 4) is 0 Å². The first-order valence-electron chi connectivity index (χ1n) is 10.0. The van der Waals surface area contributed by atoms with E-state index in [1.807, 2.05) is 32.9 Å². The van der Waals surface area contributed by atoms with E-state index in [9.17, 15) is 19.2 Å². The van der Waals surface area contributed by atoms with Crippen LogP contribution in [0.1, 0.15) is 49.3 Å². The lowest BCUT2D eigenvalue weighted by Crippen LogP contribution is -2.46. The summed E-state index contributed by atoms with van der Waals surface area (Å²) in [5.74, 6) is -1.44. The molecule has 29 heavy (non-hydrogen) atoms. The van der Waals surface area contributed by atoms with Crippen molar-refractivity contribution in [1.29, 1.82) is 0 Å². The lowest BCUT2D eigenvalue weighted by Gasteiger charge is -2.34. The molecular weight excluding hydrogens is 372 g/mol.